The molecule has 0 atom stereocenters. The van der Waals surface area contributed by atoms with Gasteiger partial charge in [0, 0.05) is 18.0 Å². The normalized spacial score (nSPS) is 12.5. The van der Waals surface area contributed by atoms with Crippen LogP contribution in [0.1, 0.15) is 22.8 Å². The zero-order valence-electron chi connectivity index (χ0n) is 13.2. The van der Waals surface area contributed by atoms with Crippen LogP contribution in [-0.2, 0) is 16.0 Å². The fourth-order valence-electron chi connectivity index (χ4n) is 2.23. The number of nitrogens with zero attached hydrogens (tertiary/aromatic N) is 4. The van der Waals surface area contributed by atoms with Gasteiger partial charge < -0.3 is 0 Å². The van der Waals surface area contributed by atoms with Gasteiger partial charge in [0.15, 0.2) is 21.8 Å². The number of sulfone groups is 1. The monoisotopic (exact) mass is 384 g/mol. The predicted octanol–water partition coefficient (Wildman–Crippen LogP) is 2.42. The Morgan fingerprint density at radius 2 is 2.00 bits per heavy atom. The summed E-state index contributed by atoms with van der Waals surface area (Å²) in [6.07, 6.45) is -1.99. The number of aldehydes is 1. The lowest BCUT2D eigenvalue weighted by Crippen LogP contribution is -2.06. The fraction of sp³-hybridized carbons (Fsp3) is 0.200. The molecule has 136 valence electrons. The third-order valence-corrected chi connectivity index (χ3v) is 5.34. The number of carbonyl (C=O) groups excluding carboxylic acids is 1. The number of pyridine rings is 2. The lowest BCUT2D eigenvalue weighted by Gasteiger charge is -2.05. The maximum absolute atomic E-state index is 12.8. The van der Waals surface area contributed by atoms with Crippen molar-refractivity contribution in [1.29, 1.82) is 0 Å². The van der Waals surface area contributed by atoms with Crippen LogP contribution in [0, 0.1) is 0 Å². The summed E-state index contributed by atoms with van der Waals surface area (Å²) >= 11 is 0. The molecule has 0 bridgehead atoms. The van der Waals surface area contributed by atoms with E-state index in [0.29, 0.717) is 6.29 Å². The average molecular weight is 384 g/mol. The maximum atomic E-state index is 12.8. The number of hydrogen-bond acceptors (Lipinski definition) is 6. The highest BCUT2D eigenvalue weighted by Gasteiger charge is 2.31. The molecule has 3 aromatic rings. The number of carbonyl (C=O) groups is 1. The van der Waals surface area contributed by atoms with Crippen molar-refractivity contribution < 1.29 is 26.4 Å². The molecular weight excluding hydrogens is 373 g/mol. The van der Waals surface area contributed by atoms with E-state index in [1.807, 2.05) is 0 Å². The van der Waals surface area contributed by atoms with E-state index in [2.05, 4.69) is 15.1 Å². The first-order valence-corrected chi connectivity index (χ1v) is 8.93. The average Bonchev–Trinajstić information content (AvgIpc) is 3.03. The Hall–Kier alpha value is -2.82. The second-order valence-electron chi connectivity index (χ2n) is 5.28. The van der Waals surface area contributed by atoms with Crippen LogP contribution in [0.5, 0.6) is 0 Å². The number of aromatic nitrogens is 4. The molecule has 0 radical (unpaired) electrons. The van der Waals surface area contributed by atoms with Crippen LogP contribution in [0.25, 0.3) is 17.2 Å². The Morgan fingerprint density at radius 3 is 2.62 bits per heavy atom. The van der Waals surface area contributed by atoms with Crippen molar-refractivity contribution in [3.05, 3.63) is 41.7 Å². The quantitative estimate of drug-likeness (QED) is 0.641. The van der Waals surface area contributed by atoms with Gasteiger partial charge in [0.2, 0.25) is 5.82 Å². The van der Waals surface area contributed by atoms with E-state index in [9.17, 15) is 26.4 Å². The standard InChI is InChI=1S/C15H11F3N4O3S/c1-2-26(24,25)11-5-9(8-23)13(19-7-11)14-20-12-6-10(15(16,17)18)3-4-22(12)21-14/h3-8H,2H2,1H3. The van der Waals surface area contributed by atoms with Crippen LogP contribution in [-0.4, -0.2) is 40.0 Å². The van der Waals surface area contributed by atoms with Crippen molar-refractivity contribution in [1.82, 2.24) is 19.6 Å². The van der Waals surface area contributed by atoms with Crippen LogP contribution in [0.2, 0.25) is 0 Å². The van der Waals surface area contributed by atoms with Crippen LogP contribution in [0.15, 0.2) is 35.5 Å². The van der Waals surface area contributed by atoms with E-state index < -0.39 is 21.6 Å². The van der Waals surface area contributed by atoms with Gasteiger partial charge in [-0.25, -0.2) is 17.9 Å². The predicted molar refractivity (Wildman–Crippen MR) is 84.3 cm³/mol. The van der Waals surface area contributed by atoms with Gasteiger partial charge in [0.05, 0.1) is 16.2 Å². The lowest BCUT2D eigenvalue weighted by atomic mass is 10.2. The SMILES string of the molecule is CCS(=O)(=O)c1cnc(-c2nc3cc(C(F)(F)F)ccn3n2)c(C=O)c1. The molecule has 3 heterocycles. The molecule has 0 saturated heterocycles. The minimum Gasteiger partial charge on any atom is -0.298 e. The molecule has 0 saturated carbocycles. The molecule has 7 nitrogen and oxygen atoms in total. The summed E-state index contributed by atoms with van der Waals surface area (Å²) in [7, 11) is -3.57. The molecule has 0 spiro atoms. The molecule has 0 fully saturated rings. The Kier molecular flexibility index (Phi) is 4.26. The first-order chi connectivity index (χ1) is 12.2. The third-order valence-electron chi connectivity index (χ3n) is 3.63. The van der Waals surface area contributed by atoms with E-state index >= 15 is 0 Å². The van der Waals surface area contributed by atoms with Crippen molar-refractivity contribution in [2.24, 2.45) is 0 Å². The maximum Gasteiger partial charge on any atom is 0.416 e. The van der Waals surface area contributed by atoms with Crippen molar-refractivity contribution in [3.8, 4) is 11.5 Å². The summed E-state index contributed by atoms with van der Waals surface area (Å²) < 4.78 is 63.2. The topological polar surface area (TPSA) is 94.3 Å². The van der Waals surface area contributed by atoms with Gasteiger partial charge in [-0.05, 0) is 18.2 Å². The molecule has 11 heteroatoms. The summed E-state index contributed by atoms with van der Waals surface area (Å²) in [4.78, 5) is 19.1. The van der Waals surface area contributed by atoms with Gasteiger partial charge in [0.1, 0.15) is 5.69 Å². The highest BCUT2D eigenvalue weighted by atomic mass is 32.2. The molecule has 0 aliphatic heterocycles. The Bertz CT molecular complexity index is 1110. The Balaban J connectivity index is 2.13. The van der Waals surface area contributed by atoms with E-state index in [0.717, 1.165) is 35.1 Å². The highest BCUT2D eigenvalue weighted by molar-refractivity contribution is 7.91. The van der Waals surface area contributed by atoms with Gasteiger partial charge in [-0.15, -0.1) is 5.10 Å². The van der Waals surface area contributed by atoms with Gasteiger partial charge in [0.25, 0.3) is 0 Å². The lowest BCUT2D eigenvalue weighted by molar-refractivity contribution is -0.137. The summed E-state index contributed by atoms with van der Waals surface area (Å²) in [6, 6.07) is 2.80. The van der Waals surface area contributed by atoms with E-state index in [1.165, 1.54) is 6.92 Å². The smallest absolute Gasteiger partial charge is 0.298 e. The molecule has 0 aromatic carbocycles. The van der Waals surface area contributed by atoms with Gasteiger partial charge in [-0.3, -0.25) is 9.78 Å². The zero-order chi connectivity index (χ0) is 19.1. The number of halogens is 3. The summed E-state index contributed by atoms with van der Waals surface area (Å²) in [5.74, 6) is -0.258. The largest absolute Gasteiger partial charge is 0.416 e. The second-order valence-corrected chi connectivity index (χ2v) is 7.56. The first-order valence-electron chi connectivity index (χ1n) is 7.27. The van der Waals surface area contributed by atoms with Crippen LogP contribution < -0.4 is 0 Å². The van der Waals surface area contributed by atoms with Crippen LogP contribution in [0.3, 0.4) is 0 Å². The molecule has 0 aliphatic rings. The van der Waals surface area contributed by atoms with Gasteiger partial charge >= 0.3 is 6.18 Å². The summed E-state index contributed by atoms with van der Waals surface area (Å²) in [5, 5.41) is 3.99. The van der Waals surface area contributed by atoms with Crippen molar-refractivity contribution >= 4 is 21.8 Å². The Labute approximate surface area is 145 Å². The van der Waals surface area contributed by atoms with Gasteiger partial charge in [-0.2, -0.15) is 13.2 Å². The minimum atomic E-state index is -4.53. The fourth-order valence-corrected chi connectivity index (χ4v) is 3.09. The minimum absolute atomic E-state index is 0.0210. The summed E-state index contributed by atoms with van der Waals surface area (Å²) in [5.41, 5.74) is -1.07. The first kappa shape index (κ1) is 18.0. The molecule has 0 unspecified atom stereocenters. The van der Waals surface area contributed by atoms with Crippen molar-refractivity contribution in [2.75, 3.05) is 5.75 Å². The second kappa shape index (κ2) is 6.16. The number of hydrogen-bond donors (Lipinski definition) is 0. The molecule has 3 aromatic heterocycles. The van der Waals surface area contributed by atoms with Crippen molar-refractivity contribution in [2.45, 2.75) is 18.0 Å². The molecule has 0 aliphatic carbocycles. The van der Waals surface area contributed by atoms with Crippen LogP contribution >= 0.6 is 0 Å². The highest BCUT2D eigenvalue weighted by Crippen LogP contribution is 2.30. The molecule has 0 amide bonds. The molecular formula is C15H11F3N4O3S. The molecule has 3 rings (SSSR count). The van der Waals surface area contributed by atoms with Crippen LogP contribution in [0.4, 0.5) is 13.2 Å². The van der Waals surface area contributed by atoms with Crippen molar-refractivity contribution in [3.63, 3.8) is 0 Å². The molecule has 0 N–H and O–H groups in total. The van der Waals surface area contributed by atoms with Gasteiger partial charge in [-0.1, -0.05) is 6.92 Å². The van der Waals surface area contributed by atoms with E-state index in [1.54, 1.807) is 0 Å². The molecule has 26 heavy (non-hydrogen) atoms. The summed E-state index contributed by atoms with van der Waals surface area (Å²) in [6.45, 7) is 1.45. The van der Waals surface area contributed by atoms with E-state index in [4.69, 9.17) is 0 Å². The number of alkyl halides is 3. The zero-order valence-corrected chi connectivity index (χ0v) is 14.0. The Morgan fingerprint density at radius 1 is 1.27 bits per heavy atom. The van der Waals surface area contributed by atoms with E-state index in [-0.39, 0.29) is 33.4 Å². The third kappa shape index (κ3) is 3.17. The number of fused-ring (bicyclic) bond motifs is 1. The number of rotatable bonds is 4.